The summed E-state index contributed by atoms with van der Waals surface area (Å²) in [7, 11) is 4.45. The number of carbonyl (C=O) groups excluding carboxylic acids is 2. The van der Waals surface area contributed by atoms with Crippen molar-refractivity contribution in [2.24, 2.45) is 0 Å². The summed E-state index contributed by atoms with van der Waals surface area (Å²) in [4.78, 5) is 23.8. The van der Waals surface area contributed by atoms with E-state index >= 15 is 0 Å². The van der Waals surface area contributed by atoms with Gasteiger partial charge >= 0.3 is 5.97 Å². The number of carbonyl (C=O) groups is 2. The molecular weight excluding hydrogens is 292 g/mol. The zero-order valence-corrected chi connectivity index (χ0v) is 12.9. The smallest absolute Gasteiger partial charge is 0.305 e. The maximum Gasteiger partial charge on any atom is 0.305 e. The van der Waals surface area contributed by atoms with Gasteiger partial charge in [-0.15, -0.1) is 11.3 Å². The second-order valence-electron chi connectivity index (χ2n) is 4.35. The highest BCUT2D eigenvalue weighted by atomic mass is 32.1. The minimum Gasteiger partial charge on any atom is -0.493 e. The van der Waals surface area contributed by atoms with Gasteiger partial charge in [-0.3, -0.25) is 9.59 Å². The molecule has 6 heteroatoms. The number of fused-ring (bicyclic) bond motifs is 1. The molecule has 0 aliphatic rings. The molecule has 0 fully saturated rings. The number of thiophene rings is 1. The van der Waals surface area contributed by atoms with Crippen LogP contribution in [0.15, 0.2) is 18.2 Å². The Labute approximate surface area is 126 Å². The maximum absolute atomic E-state index is 12.1. The molecule has 0 saturated heterocycles. The topological polar surface area (TPSA) is 61.8 Å². The Kier molecular flexibility index (Phi) is 4.80. The molecule has 21 heavy (non-hydrogen) atoms. The van der Waals surface area contributed by atoms with Gasteiger partial charge in [0.25, 0.3) is 0 Å². The zero-order valence-electron chi connectivity index (χ0n) is 12.1. The van der Waals surface area contributed by atoms with E-state index < -0.39 is 0 Å². The summed E-state index contributed by atoms with van der Waals surface area (Å²) < 4.78 is 16.0. The Morgan fingerprint density at radius 3 is 2.29 bits per heavy atom. The molecule has 0 aliphatic heterocycles. The summed E-state index contributed by atoms with van der Waals surface area (Å²) in [5.74, 6) is 0.795. The predicted octanol–water partition coefficient (Wildman–Crippen LogP) is 3.05. The van der Waals surface area contributed by atoms with Crippen molar-refractivity contribution >= 4 is 33.2 Å². The van der Waals surface area contributed by atoms with Crippen molar-refractivity contribution in [1.82, 2.24) is 0 Å². The lowest BCUT2D eigenvalue weighted by molar-refractivity contribution is -0.140. The van der Waals surface area contributed by atoms with Gasteiger partial charge in [-0.1, -0.05) is 0 Å². The van der Waals surface area contributed by atoms with Gasteiger partial charge in [0.15, 0.2) is 17.3 Å². The number of rotatable bonds is 6. The molecule has 2 aromatic rings. The van der Waals surface area contributed by atoms with Crippen molar-refractivity contribution in [2.75, 3.05) is 21.3 Å². The number of benzene rings is 1. The predicted molar refractivity (Wildman–Crippen MR) is 80.5 cm³/mol. The quantitative estimate of drug-likeness (QED) is 0.606. The molecule has 0 spiro atoms. The number of methoxy groups -OCH3 is 3. The van der Waals surface area contributed by atoms with Crippen LogP contribution in [0.3, 0.4) is 0 Å². The number of esters is 1. The highest BCUT2D eigenvalue weighted by Crippen LogP contribution is 2.36. The first-order valence-electron chi connectivity index (χ1n) is 6.34. The van der Waals surface area contributed by atoms with Crippen molar-refractivity contribution in [3.05, 3.63) is 23.1 Å². The Balaban J connectivity index is 2.26. The van der Waals surface area contributed by atoms with E-state index in [9.17, 15) is 9.59 Å². The molecule has 5 nitrogen and oxygen atoms in total. The van der Waals surface area contributed by atoms with Crippen LogP contribution >= 0.6 is 11.3 Å². The Bertz CT molecular complexity index is 633. The SMILES string of the molecule is COC(=O)CCC(=O)c1cc2cc(OC)c(OC)cc2s1. The molecule has 112 valence electrons. The third kappa shape index (κ3) is 3.33. The standard InChI is InChI=1S/C15H16O5S/c1-18-11-6-9-7-14(10(16)4-5-15(17)20-3)21-13(9)8-12(11)19-2/h6-8H,4-5H2,1-3H3. The van der Waals surface area contributed by atoms with E-state index in [-0.39, 0.29) is 24.6 Å². The van der Waals surface area contributed by atoms with Gasteiger partial charge < -0.3 is 14.2 Å². The van der Waals surface area contributed by atoms with Crippen molar-refractivity contribution in [1.29, 1.82) is 0 Å². The van der Waals surface area contributed by atoms with E-state index in [1.54, 1.807) is 14.2 Å². The van der Waals surface area contributed by atoms with Gasteiger partial charge in [0.2, 0.25) is 0 Å². The molecule has 0 N–H and O–H groups in total. The molecule has 0 unspecified atom stereocenters. The molecule has 1 aromatic carbocycles. The van der Waals surface area contributed by atoms with Crippen molar-refractivity contribution in [3.63, 3.8) is 0 Å². The lowest BCUT2D eigenvalue weighted by Crippen LogP contribution is -2.04. The Morgan fingerprint density at radius 1 is 1.00 bits per heavy atom. The highest BCUT2D eigenvalue weighted by Gasteiger charge is 2.15. The average molecular weight is 308 g/mol. The van der Waals surface area contributed by atoms with E-state index in [0.29, 0.717) is 16.4 Å². The first kappa shape index (κ1) is 15.3. The maximum atomic E-state index is 12.1. The molecule has 0 atom stereocenters. The van der Waals surface area contributed by atoms with Crippen molar-refractivity contribution in [3.8, 4) is 11.5 Å². The molecule has 1 aromatic heterocycles. The Hall–Kier alpha value is -2.08. The van der Waals surface area contributed by atoms with Crippen LogP contribution in [-0.4, -0.2) is 33.1 Å². The van der Waals surface area contributed by atoms with Crippen LogP contribution in [0.1, 0.15) is 22.5 Å². The van der Waals surface area contributed by atoms with E-state index in [1.165, 1.54) is 18.4 Å². The minimum atomic E-state index is -0.382. The van der Waals surface area contributed by atoms with Crippen LogP contribution < -0.4 is 9.47 Å². The molecule has 0 saturated carbocycles. The average Bonchev–Trinajstić information content (AvgIpc) is 2.93. The van der Waals surface area contributed by atoms with Gasteiger partial charge in [0.1, 0.15) is 0 Å². The monoisotopic (exact) mass is 308 g/mol. The van der Waals surface area contributed by atoms with Crippen LogP contribution in [0.25, 0.3) is 10.1 Å². The molecule has 0 radical (unpaired) electrons. The molecule has 1 heterocycles. The van der Waals surface area contributed by atoms with Gasteiger partial charge in [0.05, 0.1) is 32.6 Å². The summed E-state index contributed by atoms with van der Waals surface area (Å²) in [5, 5.41) is 0.916. The lowest BCUT2D eigenvalue weighted by Gasteiger charge is -2.06. The van der Waals surface area contributed by atoms with E-state index in [4.69, 9.17) is 9.47 Å². The van der Waals surface area contributed by atoms with Crippen molar-refractivity contribution < 1.29 is 23.8 Å². The zero-order chi connectivity index (χ0) is 15.4. The fourth-order valence-corrected chi connectivity index (χ4v) is 2.99. The van der Waals surface area contributed by atoms with E-state index in [1.807, 2.05) is 18.2 Å². The van der Waals surface area contributed by atoms with Crippen LogP contribution in [0.5, 0.6) is 11.5 Å². The number of hydrogen-bond acceptors (Lipinski definition) is 6. The minimum absolute atomic E-state index is 0.0699. The molecule has 0 bridgehead atoms. The number of Topliss-reactive ketones (excluding diaryl/α,β-unsaturated/α-hetero) is 1. The largest absolute Gasteiger partial charge is 0.493 e. The van der Waals surface area contributed by atoms with E-state index in [0.717, 1.165) is 10.1 Å². The molecule has 0 aliphatic carbocycles. The Morgan fingerprint density at radius 2 is 1.67 bits per heavy atom. The fraction of sp³-hybridized carbons (Fsp3) is 0.333. The number of ketones is 1. The fourth-order valence-electron chi connectivity index (χ4n) is 1.94. The van der Waals surface area contributed by atoms with Gasteiger partial charge in [0, 0.05) is 17.2 Å². The third-order valence-corrected chi connectivity index (χ3v) is 4.22. The molecule has 0 amide bonds. The molecule has 2 rings (SSSR count). The van der Waals surface area contributed by atoms with Crippen LogP contribution in [-0.2, 0) is 9.53 Å². The van der Waals surface area contributed by atoms with E-state index in [2.05, 4.69) is 4.74 Å². The lowest BCUT2D eigenvalue weighted by atomic mass is 10.1. The summed E-state index contributed by atoms with van der Waals surface area (Å²) >= 11 is 1.38. The summed E-state index contributed by atoms with van der Waals surface area (Å²) in [6.07, 6.45) is 0.240. The highest BCUT2D eigenvalue weighted by molar-refractivity contribution is 7.20. The van der Waals surface area contributed by atoms with Crippen molar-refractivity contribution in [2.45, 2.75) is 12.8 Å². The first-order valence-corrected chi connectivity index (χ1v) is 7.16. The van der Waals surface area contributed by atoms with Gasteiger partial charge in [-0.2, -0.15) is 0 Å². The van der Waals surface area contributed by atoms with Crippen LogP contribution in [0, 0.1) is 0 Å². The van der Waals surface area contributed by atoms with Crippen LogP contribution in [0.2, 0.25) is 0 Å². The van der Waals surface area contributed by atoms with Gasteiger partial charge in [-0.05, 0) is 17.5 Å². The van der Waals surface area contributed by atoms with Crippen LogP contribution in [0.4, 0.5) is 0 Å². The second-order valence-corrected chi connectivity index (χ2v) is 5.44. The molecular formula is C15H16O5S. The number of ether oxygens (including phenoxy) is 3. The number of hydrogen-bond donors (Lipinski definition) is 0. The first-order chi connectivity index (χ1) is 10.1. The normalized spacial score (nSPS) is 10.4. The summed E-state index contributed by atoms with van der Waals surface area (Å²) in [6.45, 7) is 0. The summed E-state index contributed by atoms with van der Waals surface area (Å²) in [6, 6.07) is 5.49. The summed E-state index contributed by atoms with van der Waals surface area (Å²) in [5.41, 5.74) is 0. The van der Waals surface area contributed by atoms with Gasteiger partial charge in [-0.25, -0.2) is 0 Å². The third-order valence-electron chi connectivity index (χ3n) is 3.08. The second kappa shape index (κ2) is 6.58.